The number of hydrogen-bond acceptors (Lipinski definition) is 3. The van der Waals surface area contributed by atoms with Crippen molar-refractivity contribution in [2.75, 3.05) is 18.4 Å². The van der Waals surface area contributed by atoms with Gasteiger partial charge in [0.25, 0.3) is 0 Å². The highest BCUT2D eigenvalue weighted by molar-refractivity contribution is 6.18. The molecular weight excluding hydrogens is 191 g/mol. The number of carbonyl (C=O) groups excluding carboxylic acids is 1. The standard InChI is InChI=1S/C6H10Cl2O3/c1-5(4-8)11-6(9)10-3-2-7/h5H,2-4H2,1H3. The van der Waals surface area contributed by atoms with Crippen LogP contribution in [0.3, 0.4) is 0 Å². The minimum absolute atomic E-state index is 0.162. The molecule has 0 saturated heterocycles. The lowest BCUT2D eigenvalue weighted by atomic mass is 10.5. The van der Waals surface area contributed by atoms with E-state index in [2.05, 4.69) is 9.47 Å². The van der Waals surface area contributed by atoms with Crippen molar-refractivity contribution in [1.82, 2.24) is 0 Å². The van der Waals surface area contributed by atoms with Gasteiger partial charge in [-0.25, -0.2) is 4.79 Å². The molecule has 0 saturated carbocycles. The van der Waals surface area contributed by atoms with E-state index in [0.29, 0.717) is 0 Å². The minimum Gasteiger partial charge on any atom is -0.433 e. The van der Waals surface area contributed by atoms with Crippen LogP contribution in [0.5, 0.6) is 0 Å². The first-order valence-corrected chi connectivity index (χ1v) is 4.23. The van der Waals surface area contributed by atoms with Crippen LogP contribution in [0.2, 0.25) is 0 Å². The molecule has 0 aliphatic heterocycles. The molecule has 0 spiro atoms. The highest BCUT2D eigenvalue weighted by Gasteiger charge is 2.08. The Morgan fingerprint density at radius 1 is 1.55 bits per heavy atom. The molecule has 0 bridgehead atoms. The van der Waals surface area contributed by atoms with Crippen molar-refractivity contribution in [3.63, 3.8) is 0 Å². The first-order chi connectivity index (χ1) is 5.20. The Labute approximate surface area is 75.6 Å². The van der Waals surface area contributed by atoms with E-state index in [-0.39, 0.29) is 24.5 Å². The maximum Gasteiger partial charge on any atom is 0.508 e. The van der Waals surface area contributed by atoms with E-state index >= 15 is 0 Å². The van der Waals surface area contributed by atoms with E-state index in [1.165, 1.54) is 0 Å². The third-order valence-electron chi connectivity index (χ3n) is 0.812. The molecule has 0 aromatic heterocycles. The zero-order chi connectivity index (χ0) is 8.69. The van der Waals surface area contributed by atoms with Gasteiger partial charge in [0.05, 0.1) is 11.8 Å². The normalized spacial score (nSPS) is 12.3. The Bertz CT molecular complexity index is 118. The number of halogens is 2. The fourth-order valence-corrected chi connectivity index (χ4v) is 0.492. The summed E-state index contributed by atoms with van der Waals surface area (Å²) in [6.45, 7) is 1.84. The smallest absolute Gasteiger partial charge is 0.433 e. The van der Waals surface area contributed by atoms with Crippen LogP contribution in [0.4, 0.5) is 4.79 Å². The molecule has 11 heavy (non-hydrogen) atoms. The quantitative estimate of drug-likeness (QED) is 0.515. The SMILES string of the molecule is CC(CCl)OC(=O)OCCCl. The molecule has 0 aromatic carbocycles. The highest BCUT2D eigenvalue weighted by Crippen LogP contribution is 1.96. The lowest BCUT2D eigenvalue weighted by molar-refractivity contribution is 0.0392. The molecule has 0 heterocycles. The van der Waals surface area contributed by atoms with Gasteiger partial charge in [-0.3, -0.25) is 0 Å². The van der Waals surface area contributed by atoms with Crippen LogP contribution < -0.4 is 0 Å². The average Bonchev–Trinajstić information content (AvgIpc) is 2.00. The van der Waals surface area contributed by atoms with Gasteiger partial charge in [-0.1, -0.05) is 0 Å². The second-order valence-electron chi connectivity index (χ2n) is 1.87. The molecular formula is C6H10Cl2O3. The molecule has 0 N–H and O–H groups in total. The van der Waals surface area contributed by atoms with Crippen LogP contribution in [-0.2, 0) is 9.47 Å². The highest BCUT2D eigenvalue weighted by atomic mass is 35.5. The number of hydrogen-bond donors (Lipinski definition) is 0. The van der Waals surface area contributed by atoms with Crippen LogP contribution in [-0.4, -0.2) is 30.6 Å². The zero-order valence-corrected chi connectivity index (χ0v) is 7.69. The fourth-order valence-electron chi connectivity index (χ4n) is 0.352. The van der Waals surface area contributed by atoms with Gasteiger partial charge < -0.3 is 9.47 Å². The van der Waals surface area contributed by atoms with E-state index in [0.717, 1.165) is 0 Å². The third-order valence-corrected chi connectivity index (χ3v) is 1.40. The molecule has 5 heteroatoms. The van der Waals surface area contributed by atoms with Crippen molar-refractivity contribution in [1.29, 1.82) is 0 Å². The summed E-state index contributed by atoms with van der Waals surface area (Å²) in [6, 6.07) is 0. The Morgan fingerprint density at radius 2 is 2.18 bits per heavy atom. The lowest BCUT2D eigenvalue weighted by Gasteiger charge is -2.08. The van der Waals surface area contributed by atoms with Crippen LogP contribution in [0, 0.1) is 0 Å². The monoisotopic (exact) mass is 200 g/mol. The summed E-state index contributed by atoms with van der Waals surface area (Å²) in [7, 11) is 0. The number of ether oxygens (including phenoxy) is 2. The van der Waals surface area contributed by atoms with Crippen molar-refractivity contribution in [3.8, 4) is 0 Å². The van der Waals surface area contributed by atoms with Crippen LogP contribution in [0.15, 0.2) is 0 Å². The molecule has 1 atom stereocenters. The van der Waals surface area contributed by atoms with E-state index in [9.17, 15) is 4.79 Å². The average molecular weight is 201 g/mol. The first kappa shape index (κ1) is 10.8. The predicted molar refractivity (Wildman–Crippen MR) is 43.3 cm³/mol. The summed E-state index contributed by atoms with van der Waals surface area (Å²) < 4.78 is 9.16. The second-order valence-corrected chi connectivity index (χ2v) is 2.56. The molecule has 0 aliphatic carbocycles. The van der Waals surface area contributed by atoms with Crippen molar-refractivity contribution < 1.29 is 14.3 Å². The number of rotatable bonds is 4. The zero-order valence-electron chi connectivity index (χ0n) is 6.18. The van der Waals surface area contributed by atoms with Crippen LogP contribution in [0.1, 0.15) is 6.92 Å². The molecule has 0 rings (SSSR count). The third kappa shape index (κ3) is 6.26. The van der Waals surface area contributed by atoms with E-state index < -0.39 is 6.16 Å². The molecule has 0 amide bonds. The molecule has 0 aromatic rings. The van der Waals surface area contributed by atoms with Crippen molar-refractivity contribution in [3.05, 3.63) is 0 Å². The molecule has 0 aliphatic rings. The van der Waals surface area contributed by atoms with E-state index in [4.69, 9.17) is 23.2 Å². The fraction of sp³-hybridized carbons (Fsp3) is 0.833. The maximum absolute atomic E-state index is 10.6. The molecule has 66 valence electrons. The number of carbonyl (C=O) groups is 1. The van der Waals surface area contributed by atoms with Gasteiger partial charge >= 0.3 is 6.16 Å². The maximum atomic E-state index is 10.6. The molecule has 3 nitrogen and oxygen atoms in total. The first-order valence-electron chi connectivity index (χ1n) is 3.16. The van der Waals surface area contributed by atoms with Crippen molar-refractivity contribution in [2.45, 2.75) is 13.0 Å². The summed E-state index contributed by atoms with van der Waals surface area (Å²) in [6.07, 6.45) is -1.04. The van der Waals surface area contributed by atoms with E-state index in [1.807, 2.05) is 0 Å². The van der Waals surface area contributed by atoms with Crippen molar-refractivity contribution >= 4 is 29.4 Å². The Hall–Kier alpha value is -0.150. The molecule has 0 fully saturated rings. The minimum atomic E-state index is -0.723. The predicted octanol–water partition coefficient (Wildman–Crippen LogP) is 2.01. The Morgan fingerprint density at radius 3 is 2.64 bits per heavy atom. The Balaban J connectivity index is 3.36. The van der Waals surface area contributed by atoms with Gasteiger partial charge in [0.1, 0.15) is 12.7 Å². The van der Waals surface area contributed by atoms with Crippen LogP contribution in [0.25, 0.3) is 0 Å². The van der Waals surface area contributed by atoms with E-state index in [1.54, 1.807) is 6.92 Å². The van der Waals surface area contributed by atoms with Gasteiger partial charge in [0.15, 0.2) is 0 Å². The summed E-state index contributed by atoms with van der Waals surface area (Å²) in [5, 5.41) is 0. The van der Waals surface area contributed by atoms with Gasteiger partial charge in [-0.05, 0) is 6.92 Å². The lowest BCUT2D eigenvalue weighted by Crippen LogP contribution is -2.17. The van der Waals surface area contributed by atoms with Crippen LogP contribution >= 0.6 is 23.2 Å². The molecule has 0 radical (unpaired) electrons. The topological polar surface area (TPSA) is 35.5 Å². The van der Waals surface area contributed by atoms with Gasteiger partial charge in [0.2, 0.25) is 0 Å². The van der Waals surface area contributed by atoms with Gasteiger partial charge in [0, 0.05) is 0 Å². The van der Waals surface area contributed by atoms with Crippen molar-refractivity contribution in [2.24, 2.45) is 0 Å². The summed E-state index contributed by atoms with van der Waals surface area (Å²) in [4.78, 5) is 10.6. The summed E-state index contributed by atoms with van der Waals surface area (Å²) in [5.41, 5.74) is 0. The number of alkyl halides is 2. The van der Waals surface area contributed by atoms with Gasteiger partial charge in [-0.2, -0.15) is 0 Å². The summed E-state index contributed by atoms with van der Waals surface area (Å²) >= 11 is 10.6. The Kier molecular flexibility index (Phi) is 6.46. The summed E-state index contributed by atoms with van der Waals surface area (Å²) in [5.74, 6) is 0.528. The van der Waals surface area contributed by atoms with Gasteiger partial charge in [-0.15, -0.1) is 23.2 Å². The largest absolute Gasteiger partial charge is 0.508 e. The second kappa shape index (κ2) is 6.55. The molecule has 1 unspecified atom stereocenters.